The van der Waals surface area contributed by atoms with Crippen LogP contribution in [0.3, 0.4) is 0 Å². The van der Waals surface area contributed by atoms with Gasteiger partial charge in [-0.3, -0.25) is 0 Å². The number of aromatic nitrogens is 1. The molecule has 160 valence electrons. The van der Waals surface area contributed by atoms with Gasteiger partial charge in [-0.2, -0.15) is 0 Å². The minimum atomic E-state index is -0.0373. The summed E-state index contributed by atoms with van der Waals surface area (Å²) in [5.74, 6) is 2.34. The normalized spacial score (nSPS) is 14.2. The van der Waals surface area contributed by atoms with Crippen molar-refractivity contribution in [3.8, 4) is 0 Å². The number of halogens is 1. The molecule has 0 aliphatic carbocycles. The van der Waals surface area contributed by atoms with Gasteiger partial charge in [0, 0.05) is 31.2 Å². The zero-order valence-electron chi connectivity index (χ0n) is 18.2. The van der Waals surface area contributed by atoms with E-state index >= 15 is 0 Å². The topological polar surface area (TPSA) is 65.7 Å². The number of rotatable bonds is 5. The van der Waals surface area contributed by atoms with Crippen molar-refractivity contribution < 1.29 is 4.42 Å². The summed E-state index contributed by atoms with van der Waals surface area (Å²) in [5.41, 5.74) is 3.97. The second kappa shape index (κ2) is 10.3. The number of oxazole rings is 1. The Bertz CT molecular complexity index is 825. The molecule has 0 saturated carbocycles. The Morgan fingerprint density at radius 3 is 2.76 bits per heavy atom. The molecule has 0 radical (unpaired) electrons. The largest absolute Gasteiger partial charge is 0.443 e. The molecule has 6 nitrogen and oxygen atoms in total. The summed E-state index contributed by atoms with van der Waals surface area (Å²) >= 11 is 0. The average Bonchev–Trinajstić information content (AvgIpc) is 3.14. The van der Waals surface area contributed by atoms with Crippen LogP contribution in [0.4, 0.5) is 5.69 Å². The van der Waals surface area contributed by atoms with E-state index in [-0.39, 0.29) is 29.4 Å². The molecular weight excluding hydrogens is 477 g/mol. The molecule has 2 heterocycles. The quantitative estimate of drug-likeness (QED) is 0.358. The van der Waals surface area contributed by atoms with Crippen molar-refractivity contribution in [3.05, 3.63) is 47.2 Å². The predicted molar refractivity (Wildman–Crippen MR) is 130 cm³/mol. The second-order valence-corrected chi connectivity index (χ2v) is 8.41. The number of nitrogens with one attached hydrogen (secondary N) is 2. The van der Waals surface area contributed by atoms with Crippen molar-refractivity contribution in [2.24, 2.45) is 4.99 Å². The summed E-state index contributed by atoms with van der Waals surface area (Å²) < 4.78 is 5.85. The SMILES string of the molecule is CCNC(=NCc1ccc2c(c1)CCCN2C)NCc1ncc(C(C)(C)C)o1.I. The van der Waals surface area contributed by atoms with Gasteiger partial charge in [0.05, 0.1) is 19.3 Å². The fourth-order valence-electron chi connectivity index (χ4n) is 3.35. The van der Waals surface area contributed by atoms with Crippen molar-refractivity contribution in [1.82, 2.24) is 15.6 Å². The van der Waals surface area contributed by atoms with Crippen molar-refractivity contribution >= 4 is 35.6 Å². The van der Waals surface area contributed by atoms with Gasteiger partial charge < -0.3 is 20.0 Å². The third-order valence-corrected chi connectivity index (χ3v) is 4.96. The maximum Gasteiger partial charge on any atom is 0.213 e. The molecule has 1 aromatic carbocycles. The molecule has 0 saturated heterocycles. The van der Waals surface area contributed by atoms with E-state index in [4.69, 9.17) is 9.41 Å². The first-order valence-corrected chi connectivity index (χ1v) is 10.2. The first kappa shape index (κ1) is 23.5. The number of fused-ring (bicyclic) bond motifs is 1. The highest BCUT2D eigenvalue weighted by Crippen LogP contribution is 2.27. The van der Waals surface area contributed by atoms with Gasteiger partial charge in [-0.25, -0.2) is 9.98 Å². The summed E-state index contributed by atoms with van der Waals surface area (Å²) in [6.45, 7) is 11.5. The molecule has 29 heavy (non-hydrogen) atoms. The zero-order valence-corrected chi connectivity index (χ0v) is 20.5. The Balaban J connectivity index is 0.00000300. The lowest BCUT2D eigenvalue weighted by Crippen LogP contribution is -2.36. The van der Waals surface area contributed by atoms with Crippen LogP contribution < -0.4 is 15.5 Å². The maximum atomic E-state index is 5.85. The van der Waals surface area contributed by atoms with E-state index in [1.807, 2.05) is 6.20 Å². The van der Waals surface area contributed by atoms with Crippen molar-refractivity contribution in [3.63, 3.8) is 0 Å². The van der Waals surface area contributed by atoms with E-state index in [1.54, 1.807) is 0 Å². The minimum Gasteiger partial charge on any atom is -0.443 e. The summed E-state index contributed by atoms with van der Waals surface area (Å²) in [4.78, 5) is 11.4. The van der Waals surface area contributed by atoms with Gasteiger partial charge >= 0.3 is 0 Å². The van der Waals surface area contributed by atoms with Crippen LogP contribution in [0.5, 0.6) is 0 Å². The van der Waals surface area contributed by atoms with Crippen LogP contribution in [-0.2, 0) is 24.9 Å². The highest BCUT2D eigenvalue weighted by Gasteiger charge is 2.19. The lowest BCUT2D eigenvalue weighted by Gasteiger charge is -2.27. The predicted octanol–water partition coefficient (Wildman–Crippen LogP) is 4.23. The second-order valence-electron chi connectivity index (χ2n) is 8.41. The molecule has 0 fully saturated rings. The van der Waals surface area contributed by atoms with E-state index in [0.717, 1.165) is 31.2 Å². The van der Waals surface area contributed by atoms with Gasteiger partial charge in [0.2, 0.25) is 5.89 Å². The van der Waals surface area contributed by atoms with E-state index in [0.29, 0.717) is 19.0 Å². The van der Waals surface area contributed by atoms with E-state index < -0.39 is 0 Å². The highest BCUT2D eigenvalue weighted by molar-refractivity contribution is 14.0. The Kier molecular flexibility index (Phi) is 8.36. The Labute approximate surface area is 191 Å². The Morgan fingerprint density at radius 2 is 2.07 bits per heavy atom. The standard InChI is InChI=1S/C22H33N5O.HI/c1-6-23-21(26-15-20-24-14-19(28-20)22(2,3)4)25-13-16-9-10-18-17(12-16)8-7-11-27(18)5;/h9-10,12,14H,6-8,11,13,15H2,1-5H3,(H2,23,25,26);1H. The van der Waals surface area contributed by atoms with Crippen molar-refractivity contribution in [2.45, 2.75) is 59.0 Å². The number of hydrogen-bond acceptors (Lipinski definition) is 4. The molecule has 0 atom stereocenters. The summed E-state index contributed by atoms with van der Waals surface area (Å²) in [5, 5.41) is 6.61. The molecule has 2 N–H and O–H groups in total. The fourth-order valence-corrected chi connectivity index (χ4v) is 3.35. The fraction of sp³-hybridized carbons (Fsp3) is 0.545. The van der Waals surface area contributed by atoms with Gasteiger partial charge in [-0.1, -0.05) is 32.9 Å². The molecule has 1 aromatic heterocycles. The smallest absolute Gasteiger partial charge is 0.213 e. The molecule has 1 aliphatic rings. The number of anilines is 1. The van der Waals surface area contributed by atoms with Crippen LogP contribution >= 0.6 is 24.0 Å². The van der Waals surface area contributed by atoms with E-state index in [2.05, 4.69) is 73.5 Å². The number of benzene rings is 1. The summed E-state index contributed by atoms with van der Waals surface area (Å²) in [6, 6.07) is 6.69. The number of aryl methyl sites for hydroxylation is 1. The third kappa shape index (κ3) is 6.35. The highest BCUT2D eigenvalue weighted by atomic mass is 127. The molecular formula is C22H34IN5O. The number of aliphatic imine (C=N–C) groups is 1. The third-order valence-electron chi connectivity index (χ3n) is 4.96. The molecule has 0 amide bonds. The van der Waals surface area contributed by atoms with Gasteiger partial charge in [-0.05, 0) is 37.0 Å². The van der Waals surface area contributed by atoms with Crippen molar-refractivity contribution in [2.75, 3.05) is 25.0 Å². The van der Waals surface area contributed by atoms with Gasteiger partial charge in [0.1, 0.15) is 5.76 Å². The van der Waals surface area contributed by atoms with E-state index in [1.165, 1.54) is 23.2 Å². The molecule has 1 aliphatic heterocycles. The first-order valence-electron chi connectivity index (χ1n) is 10.2. The summed E-state index contributed by atoms with van der Waals surface area (Å²) in [7, 11) is 2.16. The van der Waals surface area contributed by atoms with Crippen LogP contribution in [0.15, 0.2) is 33.8 Å². The number of nitrogens with zero attached hydrogens (tertiary/aromatic N) is 3. The first-order chi connectivity index (χ1) is 13.4. The van der Waals surface area contributed by atoms with Crippen LogP contribution in [0.1, 0.15) is 56.9 Å². The molecule has 0 spiro atoms. The van der Waals surface area contributed by atoms with E-state index in [9.17, 15) is 0 Å². The molecule has 0 unspecified atom stereocenters. The average molecular weight is 511 g/mol. The van der Waals surface area contributed by atoms with Crippen molar-refractivity contribution in [1.29, 1.82) is 0 Å². The number of hydrogen-bond donors (Lipinski definition) is 2. The van der Waals surface area contributed by atoms with Crippen LogP contribution in [0.2, 0.25) is 0 Å². The number of guanidine groups is 1. The lowest BCUT2D eigenvalue weighted by atomic mass is 9.94. The van der Waals surface area contributed by atoms with Gasteiger partial charge in [0.25, 0.3) is 0 Å². The van der Waals surface area contributed by atoms with Gasteiger partial charge in [0.15, 0.2) is 5.96 Å². The zero-order chi connectivity index (χ0) is 20.1. The van der Waals surface area contributed by atoms with Gasteiger partial charge in [-0.15, -0.1) is 24.0 Å². The van der Waals surface area contributed by atoms with Crippen LogP contribution in [0, 0.1) is 0 Å². The molecule has 7 heteroatoms. The maximum absolute atomic E-state index is 5.85. The minimum absolute atomic E-state index is 0. The monoisotopic (exact) mass is 511 g/mol. The molecule has 0 bridgehead atoms. The van der Waals surface area contributed by atoms with Crippen LogP contribution in [0.25, 0.3) is 0 Å². The van der Waals surface area contributed by atoms with Crippen LogP contribution in [-0.4, -0.2) is 31.1 Å². The summed E-state index contributed by atoms with van der Waals surface area (Å²) in [6.07, 6.45) is 4.17. The Hall–Kier alpha value is -1.77. The lowest BCUT2D eigenvalue weighted by molar-refractivity contribution is 0.379. The molecule has 3 rings (SSSR count). The molecule has 2 aromatic rings. The Morgan fingerprint density at radius 1 is 1.28 bits per heavy atom.